The first-order valence-electron chi connectivity index (χ1n) is 11.4. The molecule has 32 heavy (non-hydrogen) atoms. The van der Waals surface area contributed by atoms with Crippen LogP contribution in [0.25, 0.3) is 0 Å². The van der Waals surface area contributed by atoms with Crippen LogP contribution in [0.1, 0.15) is 48.0 Å². The lowest BCUT2D eigenvalue weighted by Crippen LogP contribution is -2.67. The molecule has 0 spiro atoms. The van der Waals surface area contributed by atoms with Gasteiger partial charge >= 0.3 is 6.09 Å². The molecule has 0 aliphatic carbocycles. The topological polar surface area (TPSA) is 64.8 Å². The minimum absolute atomic E-state index is 0.0738. The van der Waals surface area contributed by atoms with Crippen molar-refractivity contribution in [1.29, 1.82) is 0 Å². The van der Waals surface area contributed by atoms with Crippen LogP contribution >= 0.6 is 0 Å². The Balaban J connectivity index is 1.96. The maximum atomic E-state index is 12.9. The predicted molar refractivity (Wildman–Crippen MR) is 133 cm³/mol. The van der Waals surface area contributed by atoms with E-state index in [1.807, 2.05) is 32.9 Å². The molecule has 0 radical (unpaired) electrons. The second-order valence-corrected chi connectivity index (χ2v) is 15.1. The molecule has 1 aliphatic rings. The van der Waals surface area contributed by atoms with Crippen LogP contribution < -0.4 is 16.1 Å². The van der Waals surface area contributed by atoms with Crippen molar-refractivity contribution in [2.45, 2.75) is 70.7 Å². The number of carbonyl (C=O) groups excluding carboxylic acids is 1. The lowest BCUT2D eigenvalue weighted by atomic mass is 10.2. The van der Waals surface area contributed by atoms with Crippen molar-refractivity contribution in [2.75, 3.05) is 13.2 Å². The van der Waals surface area contributed by atoms with Gasteiger partial charge in [0.15, 0.2) is 0 Å². The van der Waals surface area contributed by atoms with Crippen LogP contribution in [0.5, 0.6) is 0 Å². The Morgan fingerprint density at radius 2 is 1.47 bits per heavy atom. The molecule has 6 heteroatoms. The average Bonchev–Trinajstić information content (AvgIpc) is 3.09. The molecular formula is C26H38N2O3Si. The molecule has 1 saturated heterocycles. The Kier molecular flexibility index (Phi) is 7.17. The summed E-state index contributed by atoms with van der Waals surface area (Å²) in [5.41, 5.74) is 5.72. The number of amides is 1. The lowest BCUT2D eigenvalue weighted by Gasteiger charge is -2.44. The lowest BCUT2D eigenvalue weighted by molar-refractivity contribution is 0.0182. The summed E-state index contributed by atoms with van der Waals surface area (Å²) in [6, 6.07) is 20.9. The Morgan fingerprint density at radius 3 is 1.91 bits per heavy atom. The molecular weight excluding hydrogens is 416 g/mol. The van der Waals surface area contributed by atoms with E-state index in [-0.39, 0.29) is 23.2 Å². The summed E-state index contributed by atoms with van der Waals surface area (Å²) in [4.78, 5) is 14.6. The summed E-state index contributed by atoms with van der Waals surface area (Å²) in [5.74, 6) is 0. The van der Waals surface area contributed by atoms with Gasteiger partial charge in [0.2, 0.25) is 0 Å². The molecule has 1 fully saturated rings. The number of carbonyl (C=O) groups is 1. The number of rotatable bonds is 5. The highest BCUT2D eigenvalue weighted by Crippen LogP contribution is 2.37. The third-order valence-electron chi connectivity index (χ3n) is 5.98. The van der Waals surface area contributed by atoms with Crippen LogP contribution in [0.3, 0.4) is 0 Å². The zero-order valence-corrected chi connectivity index (χ0v) is 21.3. The predicted octanol–water partition coefficient (Wildman–Crippen LogP) is 3.90. The van der Waals surface area contributed by atoms with Crippen molar-refractivity contribution in [3.63, 3.8) is 0 Å². The van der Waals surface area contributed by atoms with Gasteiger partial charge in [0, 0.05) is 12.6 Å². The molecule has 174 valence electrons. The smallest absolute Gasteiger partial charge is 0.410 e. The van der Waals surface area contributed by atoms with Crippen LogP contribution in [-0.2, 0) is 9.16 Å². The minimum Gasteiger partial charge on any atom is -0.444 e. The maximum absolute atomic E-state index is 12.9. The van der Waals surface area contributed by atoms with Crippen molar-refractivity contribution in [3.05, 3.63) is 60.7 Å². The van der Waals surface area contributed by atoms with E-state index in [0.717, 1.165) is 0 Å². The molecule has 1 heterocycles. The van der Waals surface area contributed by atoms with Crippen molar-refractivity contribution < 1.29 is 14.0 Å². The molecule has 2 N–H and O–H groups in total. The first-order chi connectivity index (χ1) is 14.9. The highest BCUT2D eigenvalue weighted by molar-refractivity contribution is 6.99. The van der Waals surface area contributed by atoms with Gasteiger partial charge in [-0.3, -0.25) is 0 Å². The minimum atomic E-state index is -2.67. The quantitative estimate of drug-likeness (QED) is 0.696. The first kappa shape index (κ1) is 24.5. The highest BCUT2D eigenvalue weighted by atomic mass is 28.4. The third-order valence-corrected chi connectivity index (χ3v) is 11.0. The molecule has 1 aliphatic heterocycles. The Labute approximate surface area is 194 Å². The molecule has 2 atom stereocenters. The average molecular weight is 455 g/mol. The van der Waals surface area contributed by atoms with E-state index in [2.05, 4.69) is 69.3 Å². The molecule has 1 amide bonds. The van der Waals surface area contributed by atoms with E-state index in [9.17, 15) is 4.79 Å². The standard InChI is InChI=1S/C26H38N2O3Si/c1-25(2,3)31-24(29)28-18-20(27)17-21(28)19-30-32(26(4,5)6,22-13-9-7-10-14-22)23-15-11-8-12-16-23/h7-16,20-21H,17-19,27H2,1-6H3/t20-,21-/m0/s1. The number of benzene rings is 2. The molecule has 0 unspecified atom stereocenters. The first-order valence-corrected chi connectivity index (χ1v) is 13.3. The fourth-order valence-corrected chi connectivity index (χ4v) is 9.24. The zero-order valence-electron chi connectivity index (χ0n) is 20.3. The van der Waals surface area contributed by atoms with E-state index in [1.54, 1.807) is 4.90 Å². The number of hydrogen-bond donors (Lipinski definition) is 1. The number of hydrogen-bond acceptors (Lipinski definition) is 4. The van der Waals surface area contributed by atoms with E-state index < -0.39 is 13.9 Å². The van der Waals surface area contributed by atoms with E-state index >= 15 is 0 Å². The number of ether oxygens (including phenoxy) is 1. The third kappa shape index (κ3) is 5.25. The van der Waals surface area contributed by atoms with Crippen molar-refractivity contribution in [2.24, 2.45) is 5.73 Å². The van der Waals surface area contributed by atoms with Crippen molar-refractivity contribution in [3.8, 4) is 0 Å². The maximum Gasteiger partial charge on any atom is 0.410 e. The highest BCUT2D eigenvalue weighted by Gasteiger charge is 2.51. The van der Waals surface area contributed by atoms with Gasteiger partial charge in [-0.1, -0.05) is 81.4 Å². The summed E-state index contributed by atoms with van der Waals surface area (Å²) in [7, 11) is -2.67. The van der Waals surface area contributed by atoms with Gasteiger partial charge in [0.25, 0.3) is 8.32 Å². The van der Waals surface area contributed by atoms with Crippen LogP contribution in [0.2, 0.25) is 5.04 Å². The van der Waals surface area contributed by atoms with Crippen LogP contribution in [0.4, 0.5) is 4.79 Å². The van der Waals surface area contributed by atoms with Gasteiger partial charge in [-0.25, -0.2) is 4.79 Å². The van der Waals surface area contributed by atoms with Crippen molar-refractivity contribution in [1.82, 2.24) is 4.90 Å². The second kappa shape index (κ2) is 9.38. The Morgan fingerprint density at radius 1 is 0.969 bits per heavy atom. The second-order valence-electron chi connectivity index (χ2n) is 10.8. The summed E-state index contributed by atoms with van der Waals surface area (Å²) in [5, 5.41) is 2.34. The van der Waals surface area contributed by atoms with Crippen LogP contribution in [0, 0.1) is 0 Å². The summed E-state index contributed by atoms with van der Waals surface area (Å²) in [6.45, 7) is 13.3. The van der Waals surface area contributed by atoms with Gasteiger partial charge in [-0.2, -0.15) is 0 Å². The van der Waals surface area contributed by atoms with Gasteiger partial charge in [0.1, 0.15) is 5.60 Å². The van der Waals surface area contributed by atoms with Gasteiger partial charge in [0.05, 0.1) is 12.6 Å². The van der Waals surface area contributed by atoms with Crippen molar-refractivity contribution >= 4 is 24.8 Å². The SMILES string of the molecule is CC(C)(C)OC(=O)N1C[C@@H](N)C[C@H]1CO[Si](c1ccccc1)(c1ccccc1)C(C)(C)C. The number of likely N-dealkylation sites (tertiary alicyclic amines) is 1. The largest absolute Gasteiger partial charge is 0.444 e. The van der Waals surface area contributed by atoms with Gasteiger partial charge < -0.3 is 19.8 Å². The van der Waals surface area contributed by atoms with Crippen LogP contribution in [0.15, 0.2) is 60.7 Å². The van der Waals surface area contributed by atoms with Gasteiger partial charge in [-0.05, 0) is 42.6 Å². The molecule has 3 rings (SSSR count). The molecule has 2 aromatic carbocycles. The summed E-state index contributed by atoms with van der Waals surface area (Å²) >= 11 is 0. The van der Waals surface area contributed by atoms with Gasteiger partial charge in [-0.15, -0.1) is 0 Å². The molecule has 2 aromatic rings. The monoisotopic (exact) mass is 454 g/mol. The fraction of sp³-hybridized carbons (Fsp3) is 0.500. The molecule has 5 nitrogen and oxygen atoms in total. The molecule has 0 bridgehead atoms. The zero-order chi connectivity index (χ0) is 23.6. The Hall–Kier alpha value is -2.15. The van der Waals surface area contributed by atoms with E-state index in [0.29, 0.717) is 19.6 Å². The van der Waals surface area contributed by atoms with Crippen LogP contribution in [-0.4, -0.2) is 50.1 Å². The summed E-state index contributed by atoms with van der Waals surface area (Å²) in [6.07, 6.45) is 0.388. The molecule has 0 aromatic heterocycles. The molecule has 0 saturated carbocycles. The normalized spacial score (nSPS) is 19.8. The Bertz CT molecular complexity index is 851. The van der Waals surface area contributed by atoms with E-state index in [4.69, 9.17) is 14.9 Å². The number of nitrogens with zero attached hydrogens (tertiary/aromatic N) is 1. The summed E-state index contributed by atoms with van der Waals surface area (Å²) < 4.78 is 12.7. The fourth-order valence-electron chi connectivity index (χ4n) is 4.64. The number of nitrogens with two attached hydrogens (primary N) is 1. The van der Waals surface area contributed by atoms with E-state index in [1.165, 1.54) is 10.4 Å².